The minimum Gasteiger partial charge on any atom is -0.493 e. The van der Waals surface area contributed by atoms with E-state index < -0.39 is 11.1 Å². The molecule has 7 nitrogen and oxygen atoms in total. The molecule has 0 spiro atoms. The van der Waals surface area contributed by atoms with Gasteiger partial charge in [0, 0.05) is 13.1 Å². The van der Waals surface area contributed by atoms with Crippen LogP contribution in [0.1, 0.15) is 31.2 Å². The molecule has 158 valence electrons. The summed E-state index contributed by atoms with van der Waals surface area (Å²) in [6.45, 7) is 1.25. The van der Waals surface area contributed by atoms with Crippen molar-refractivity contribution in [2.45, 2.75) is 25.7 Å². The van der Waals surface area contributed by atoms with Gasteiger partial charge in [-0.15, -0.1) is 6.42 Å². The van der Waals surface area contributed by atoms with E-state index in [1.54, 1.807) is 29.2 Å². The van der Waals surface area contributed by atoms with E-state index in [0.29, 0.717) is 30.2 Å². The lowest BCUT2D eigenvalue weighted by Gasteiger charge is -2.22. The second-order valence-electron chi connectivity index (χ2n) is 6.97. The summed E-state index contributed by atoms with van der Waals surface area (Å²) in [4.78, 5) is 40.7. The van der Waals surface area contributed by atoms with E-state index in [0.717, 1.165) is 42.3 Å². The molecule has 1 aromatic carbocycles. The van der Waals surface area contributed by atoms with Gasteiger partial charge in [0.2, 0.25) is 5.91 Å². The van der Waals surface area contributed by atoms with Gasteiger partial charge in [0.15, 0.2) is 11.5 Å². The summed E-state index contributed by atoms with van der Waals surface area (Å²) >= 11 is 0.830. The second-order valence-corrected chi connectivity index (χ2v) is 7.96. The highest BCUT2D eigenvalue weighted by atomic mass is 32.2. The van der Waals surface area contributed by atoms with Gasteiger partial charge >= 0.3 is 0 Å². The summed E-state index contributed by atoms with van der Waals surface area (Å²) in [7, 11) is 1.50. The van der Waals surface area contributed by atoms with Crippen molar-refractivity contribution in [3.05, 3.63) is 28.7 Å². The maximum absolute atomic E-state index is 12.7. The van der Waals surface area contributed by atoms with Gasteiger partial charge in [0.25, 0.3) is 11.1 Å². The van der Waals surface area contributed by atoms with E-state index in [2.05, 4.69) is 5.92 Å². The van der Waals surface area contributed by atoms with Gasteiger partial charge in [-0.25, -0.2) is 0 Å². The largest absolute Gasteiger partial charge is 0.493 e. The minimum absolute atomic E-state index is 0.111. The third-order valence-electron chi connectivity index (χ3n) is 4.92. The monoisotopic (exact) mass is 428 g/mol. The van der Waals surface area contributed by atoms with Crippen LogP contribution in [-0.2, 0) is 9.59 Å². The van der Waals surface area contributed by atoms with Crippen LogP contribution in [0.3, 0.4) is 0 Å². The number of hydrogen-bond acceptors (Lipinski definition) is 6. The molecule has 2 aliphatic rings. The Balaban J connectivity index is 1.71. The second kappa shape index (κ2) is 10.2. The Labute approximate surface area is 180 Å². The molecule has 2 fully saturated rings. The maximum atomic E-state index is 12.7. The molecule has 0 aliphatic carbocycles. The summed E-state index contributed by atoms with van der Waals surface area (Å²) in [5.74, 6) is 2.70. The van der Waals surface area contributed by atoms with Crippen molar-refractivity contribution in [1.82, 2.24) is 9.80 Å². The SMILES string of the molecule is C#CCOc1ccc(/C=C2\SC(=O)N(CC(=O)N3CCCCCC3)C2=O)cc1OC. The number of likely N-dealkylation sites (tertiary alicyclic amines) is 1. The van der Waals surface area contributed by atoms with Crippen LogP contribution in [0, 0.1) is 12.3 Å². The van der Waals surface area contributed by atoms with Crippen LogP contribution in [0.15, 0.2) is 23.1 Å². The van der Waals surface area contributed by atoms with Gasteiger partial charge in [0.1, 0.15) is 13.2 Å². The standard InChI is InChI=1S/C22H24N2O5S/c1-3-12-29-17-9-8-16(13-18(17)28-2)14-19-21(26)24(22(27)30-19)15-20(25)23-10-6-4-5-7-11-23/h1,8-9,13-14H,4-7,10-12,15H2,2H3/b19-14-. The number of ether oxygens (including phenoxy) is 2. The highest BCUT2D eigenvalue weighted by molar-refractivity contribution is 8.18. The first-order valence-corrected chi connectivity index (χ1v) is 10.6. The Morgan fingerprint density at radius 1 is 1.20 bits per heavy atom. The molecule has 0 aromatic heterocycles. The van der Waals surface area contributed by atoms with E-state index >= 15 is 0 Å². The van der Waals surface area contributed by atoms with Crippen LogP contribution in [0.25, 0.3) is 6.08 Å². The molecule has 3 amide bonds. The van der Waals surface area contributed by atoms with E-state index in [9.17, 15) is 14.4 Å². The number of methoxy groups -OCH3 is 1. The van der Waals surface area contributed by atoms with Crippen molar-refractivity contribution >= 4 is 34.9 Å². The normalized spacial score (nSPS) is 18.3. The van der Waals surface area contributed by atoms with Crippen LogP contribution < -0.4 is 9.47 Å². The zero-order valence-corrected chi connectivity index (χ0v) is 17.7. The molecule has 2 heterocycles. The number of nitrogens with zero attached hydrogens (tertiary/aromatic N) is 2. The fourth-order valence-corrected chi connectivity index (χ4v) is 4.19. The number of hydrogen-bond donors (Lipinski definition) is 0. The van der Waals surface area contributed by atoms with Gasteiger partial charge in [-0.05, 0) is 48.4 Å². The van der Waals surface area contributed by atoms with E-state index in [1.165, 1.54) is 7.11 Å². The van der Waals surface area contributed by atoms with Gasteiger partial charge in [-0.2, -0.15) is 0 Å². The highest BCUT2D eigenvalue weighted by Gasteiger charge is 2.37. The first kappa shape index (κ1) is 21.8. The number of thioether (sulfide) groups is 1. The van der Waals surface area contributed by atoms with E-state index in [1.807, 2.05) is 0 Å². The fourth-order valence-electron chi connectivity index (χ4n) is 3.36. The third kappa shape index (κ3) is 5.16. The maximum Gasteiger partial charge on any atom is 0.294 e. The number of amides is 3. The molecule has 2 saturated heterocycles. The first-order valence-electron chi connectivity index (χ1n) is 9.81. The topological polar surface area (TPSA) is 76.2 Å². The quantitative estimate of drug-likeness (QED) is 0.512. The van der Waals surface area contributed by atoms with Crippen LogP contribution in [0.5, 0.6) is 11.5 Å². The van der Waals surface area contributed by atoms with Crippen molar-refractivity contribution < 1.29 is 23.9 Å². The minimum atomic E-state index is -0.459. The summed E-state index contributed by atoms with van der Waals surface area (Å²) in [6.07, 6.45) is 10.9. The average molecular weight is 429 g/mol. The Hall–Kier alpha value is -2.92. The zero-order chi connectivity index (χ0) is 21.5. The number of carbonyl (C=O) groups is 3. The fraction of sp³-hybridized carbons (Fsp3) is 0.409. The summed E-state index contributed by atoms with van der Waals surface area (Å²) < 4.78 is 10.7. The van der Waals surface area contributed by atoms with Crippen LogP contribution in [-0.4, -0.2) is 60.2 Å². The number of terminal acetylenes is 1. The van der Waals surface area contributed by atoms with Crippen molar-refractivity contribution in [1.29, 1.82) is 0 Å². The molecule has 0 N–H and O–H groups in total. The molecule has 3 rings (SSSR count). The number of benzene rings is 1. The molecule has 0 atom stereocenters. The third-order valence-corrected chi connectivity index (χ3v) is 5.83. The molecule has 2 aliphatic heterocycles. The van der Waals surface area contributed by atoms with E-state index in [4.69, 9.17) is 15.9 Å². The highest BCUT2D eigenvalue weighted by Crippen LogP contribution is 2.34. The van der Waals surface area contributed by atoms with Gasteiger partial charge in [-0.3, -0.25) is 19.3 Å². The van der Waals surface area contributed by atoms with Crippen molar-refractivity contribution in [3.63, 3.8) is 0 Å². The van der Waals surface area contributed by atoms with Gasteiger partial charge < -0.3 is 14.4 Å². The Kier molecular flexibility index (Phi) is 7.41. The molecule has 30 heavy (non-hydrogen) atoms. The van der Waals surface area contributed by atoms with Crippen molar-refractivity contribution in [2.75, 3.05) is 33.4 Å². The summed E-state index contributed by atoms with van der Waals surface area (Å²) in [5.41, 5.74) is 0.671. The average Bonchev–Trinajstić information content (AvgIpc) is 2.95. The van der Waals surface area contributed by atoms with Gasteiger partial charge in [0.05, 0.1) is 12.0 Å². The molecular weight excluding hydrogens is 404 g/mol. The molecular formula is C22H24N2O5S. The molecule has 8 heteroatoms. The smallest absolute Gasteiger partial charge is 0.294 e. The first-order chi connectivity index (χ1) is 14.5. The van der Waals surface area contributed by atoms with Gasteiger partial charge in [-0.1, -0.05) is 24.8 Å². The van der Waals surface area contributed by atoms with Crippen LogP contribution in [0.4, 0.5) is 4.79 Å². The molecule has 0 bridgehead atoms. The molecule has 0 saturated carbocycles. The molecule has 0 unspecified atom stereocenters. The lowest BCUT2D eigenvalue weighted by molar-refractivity contribution is -0.135. The summed E-state index contributed by atoms with van der Waals surface area (Å²) in [5, 5.41) is -0.435. The van der Waals surface area contributed by atoms with Crippen LogP contribution >= 0.6 is 11.8 Å². The van der Waals surface area contributed by atoms with E-state index in [-0.39, 0.29) is 24.0 Å². The molecule has 1 aromatic rings. The Morgan fingerprint density at radius 3 is 2.60 bits per heavy atom. The predicted molar refractivity (Wildman–Crippen MR) is 115 cm³/mol. The lowest BCUT2D eigenvalue weighted by Crippen LogP contribution is -2.42. The number of rotatable bonds is 6. The molecule has 0 radical (unpaired) electrons. The Bertz CT molecular complexity index is 897. The zero-order valence-electron chi connectivity index (χ0n) is 16.9. The van der Waals surface area contributed by atoms with Crippen molar-refractivity contribution in [3.8, 4) is 23.8 Å². The Morgan fingerprint density at radius 2 is 1.93 bits per heavy atom. The lowest BCUT2D eigenvalue weighted by atomic mass is 10.2. The predicted octanol–water partition coefficient (Wildman–Crippen LogP) is 3.15. The van der Waals surface area contributed by atoms with Crippen LogP contribution in [0.2, 0.25) is 0 Å². The van der Waals surface area contributed by atoms with Crippen molar-refractivity contribution in [2.24, 2.45) is 0 Å². The number of carbonyl (C=O) groups excluding carboxylic acids is 3. The summed E-state index contributed by atoms with van der Waals surface area (Å²) in [6, 6.07) is 5.13. The number of imide groups is 1.